The molecule has 0 aliphatic heterocycles. The lowest BCUT2D eigenvalue weighted by molar-refractivity contribution is -0.134. The maximum Gasteiger partial charge on any atom is 0.300 e. The first-order chi connectivity index (χ1) is 14.1. The number of nitrogens with zero attached hydrogens (tertiary/aromatic N) is 1. The third-order valence-electron chi connectivity index (χ3n) is 4.54. The standard InChI is InChI=1S/C23H20N2.C2H4O2/c1-17(18-11-5-2-6-12-18)23-24-21(19-13-7-3-8-14-19)22(25-23)20-15-9-4-10-16-20;1-2(3)4/h2-17H,1H3,(H,24,25);1H3,(H,3,4). The fourth-order valence-electron chi connectivity index (χ4n) is 3.11. The van der Waals surface area contributed by atoms with Crippen molar-refractivity contribution in [2.24, 2.45) is 0 Å². The number of benzene rings is 3. The molecule has 0 aliphatic carbocycles. The number of nitrogens with one attached hydrogen (secondary N) is 1. The zero-order valence-corrected chi connectivity index (χ0v) is 16.5. The Hall–Kier alpha value is -3.66. The highest BCUT2D eigenvalue weighted by Gasteiger charge is 2.18. The van der Waals surface area contributed by atoms with Crippen molar-refractivity contribution in [3.8, 4) is 22.5 Å². The van der Waals surface area contributed by atoms with Crippen LogP contribution in [-0.2, 0) is 4.79 Å². The van der Waals surface area contributed by atoms with Gasteiger partial charge in [0.15, 0.2) is 0 Å². The number of imidazole rings is 1. The van der Waals surface area contributed by atoms with E-state index >= 15 is 0 Å². The van der Waals surface area contributed by atoms with Crippen LogP contribution in [0.1, 0.15) is 31.2 Å². The van der Waals surface area contributed by atoms with Crippen LogP contribution in [0, 0.1) is 0 Å². The molecule has 0 saturated carbocycles. The third kappa shape index (κ3) is 5.20. The second kappa shape index (κ2) is 9.51. The highest BCUT2D eigenvalue weighted by Crippen LogP contribution is 2.33. The maximum atomic E-state index is 9.00. The largest absolute Gasteiger partial charge is 0.481 e. The van der Waals surface area contributed by atoms with Crippen molar-refractivity contribution < 1.29 is 9.90 Å². The SMILES string of the molecule is CC(=O)O.CC(c1ccccc1)c1nc(-c2ccccc2)c(-c2ccccc2)[nH]1. The lowest BCUT2D eigenvalue weighted by atomic mass is 10.0. The fraction of sp³-hybridized carbons (Fsp3) is 0.120. The fourth-order valence-corrected chi connectivity index (χ4v) is 3.11. The Balaban J connectivity index is 0.000000552. The minimum atomic E-state index is -0.833. The summed E-state index contributed by atoms with van der Waals surface area (Å²) in [5.41, 5.74) is 5.62. The van der Waals surface area contributed by atoms with E-state index < -0.39 is 5.97 Å². The van der Waals surface area contributed by atoms with Crippen LogP contribution in [0.25, 0.3) is 22.5 Å². The summed E-state index contributed by atoms with van der Waals surface area (Å²) in [5.74, 6) is 0.366. The van der Waals surface area contributed by atoms with Gasteiger partial charge in [0.2, 0.25) is 0 Å². The number of carboxylic acids is 1. The van der Waals surface area contributed by atoms with Gasteiger partial charge >= 0.3 is 0 Å². The molecule has 146 valence electrons. The number of aliphatic carboxylic acids is 1. The van der Waals surface area contributed by atoms with E-state index in [4.69, 9.17) is 14.9 Å². The molecule has 3 aromatic carbocycles. The molecule has 0 bridgehead atoms. The molecule has 29 heavy (non-hydrogen) atoms. The summed E-state index contributed by atoms with van der Waals surface area (Å²) in [6.07, 6.45) is 0. The molecule has 0 fully saturated rings. The molecular weight excluding hydrogens is 360 g/mol. The van der Waals surface area contributed by atoms with Gasteiger partial charge < -0.3 is 10.1 Å². The van der Waals surface area contributed by atoms with Crippen molar-refractivity contribution in [3.05, 3.63) is 102 Å². The van der Waals surface area contributed by atoms with E-state index in [1.54, 1.807) is 0 Å². The molecule has 4 heteroatoms. The minimum absolute atomic E-state index is 0.209. The summed E-state index contributed by atoms with van der Waals surface area (Å²) in [6.45, 7) is 3.28. The van der Waals surface area contributed by atoms with Crippen molar-refractivity contribution in [1.29, 1.82) is 0 Å². The van der Waals surface area contributed by atoms with Crippen molar-refractivity contribution in [2.45, 2.75) is 19.8 Å². The number of carboxylic acid groups (broad SMARTS) is 1. The Morgan fingerprint density at radius 3 is 1.79 bits per heavy atom. The summed E-state index contributed by atoms with van der Waals surface area (Å²) < 4.78 is 0. The number of hydrogen-bond acceptors (Lipinski definition) is 2. The lowest BCUT2D eigenvalue weighted by Crippen LogP contribution is -1.98. The van der Waals surface area contributed by atoms with Crippen LogP contribution in [0.15, 0.2) is 91.0 Å². The molecule has 0 radical (unpaired) electrons. The molecule has 4 nitrogen and oxygen atoms in total. The van der Waals surface area contributed by atoms with Gasteiger partial charge in [0.1, 0.15) is 5.82 Å². The smallest absolute Gasteiger partial charge is 0.300 e. The van der Waals surface area contributed by atoms with E-state index in [9.17, 15) is 0 Å². The van der Waals surface area contributed by atoms with Crippen LogP contribution in [0.4, 0.5) is 0 Å². The van der Waals surface area contributed by atoms with Crippen LogP contribution in [0.2, 0.25) is 0 Å². The number of aromatic nitrogens is 2. The van der Waals surface area contributed by atoms with Gasteiger partial charge in [0.25, 0.3) is 5.97 Å². The van der Waals surface area contributed by atoms with Gasteiger partial charge in [-0.1, -0.05) is 97.9 Å². The number of H-pyrrole nitrogens is 1. The average molecular weight is 384 g/mol. The van der Waals surface area contributed by atoms with Crippen LogP contribution < -0.4 is 0 Å². The van der Waals surface area contributed by atoms with Crippen LogP contribution in [-0.4, -0.2) is 21.0 Å². The van der Waals surface area contributed by atoms with Gasteiger partial charge in [-0.2, -0.15) is 0 Å². The van der Waals surface area contributed by atoms with E-state index in [0.29, 0.717) is 0 Å². The topological polar surface area (TPSA) is 66.0 Å². The second-order valence-corrected chi connectivity index (χ2v) is 6.73. The Labute approximate surface area is 170 Å². The zero-order chi connectivity index (χ0) is 20.6. The Bertz CT molecular complexity index is 981. The van der Waals surface area contributed by atoms with Gasteiger partial charge in [-0.05, 0) is 5.56 Å². The second-order valence-electron chi connectivity index (χ2n) is 6.73. The predicted molar refractivity (Wildman–Crippen MR) is 117 cm³/mol. The maximum absolute atomic E-state index is 9.00. The molecule has 0 spiro atoms. The van der Waals surface area contributed by atoms with Crippen molar-refractivity contribution in [3.63, 3.8) is 0 Å². The summed E-state index contributed by atoms with van der Waals surface area (Å²) in [7, 11) is 0. The third-order valence-corrected chi connectivity index (χ3v) is 4.54. The summed E-state index contributed by atoms with van der Waals surface area (Å²) in [5, 5.41) is 7.42. The highest BCUT2D eigenvalue weighted by atomic mass is 16.4. The van der Waals surface area contributed by atoms with E-state index in [1.807, 2.05) is 18.2 Å². The Kier molecular flexibility index (Phi) is 6.59. The zero-order valence-electron chi connectivity index (χ0n) is 16.5. The molecular formula is C25H24N2O2. The summed E-state index contributed by atoms with van der Waals surface area (Å²) in [6, 6.07) is 31.3. The Morgan fingerprint density at radius 1 is 0.828 bits per heavy atom. The summed E-state index contributed by atoms with van der Waals surface area (Å²) in [4.78, 5) is 17.6. The highest BCUT2D eigenvalue weighted by molar-refractivity contribution is 5.78. The molecule has 0 saturated heterocycles. The minimum Gasteiger partial charge on any atom is -0.481 e. The van der Waals surface area contributed by atoms with Crippen molar-refractivity contribution >= 4 is 5.97 Å². The quantitative estimate of drug-likeness (QED) is 0.454. The molecule has 0 aliphatic rings. The lowest BCUT2D eigenvalue weighted by Gasteiger charge is -2.08. The van der Waals surface area contributed by atoms with Crippen molar-refractivity contribution in [1.82, 2.24) is 9.97 Å². The first-order valence-electron chi connectivity index (χ1n) is 9.51. The molecule has 2 N–H and O–H groups in total. The van der Waals surface area contributed by atoms with Gasteiger partial charge in [-0.15, -0.1) is 0 Å². The predicted octanol–water partition coefficient (Wildman–Crippen LogP) is 5.99. The van der Waals surface area contributed by atoms with E-state index in [0.717, 1.165) is 35.3 Å². The van der Waals surface area contributed by atoms with E-state index in [2.05, 4.69) is 84.7 Å². The molecule has 1 atom stereocenters. The monoisotopic (exact) mass is 384 g/mol. The van der Waals surface area contributed by atoms with Crippen LogP contribution in [0.5, 0.6) is 0 Å². The van der Waals surface area contributed by atoms with Gasteiger partial charge in [-0.25, -0.2) is 4.98 Å². The van der Waals surface area contributed by atoms with E-state index in [1.165, 1.54) is 5.56 Å². The first-order valence-corrected chi connectivity index (χ1v) is 9.51. The number of carbonyl (C=O) groups is 1. The molecule has 1 unspecified atom stereocenters. The van der Waals surface area contributed by atoms with Gasteiger partial charge in [-0.3, -0.25) is 4.79 Å². The van der Waals surface area contributed by atoms with Crippen molar-refractivity contribution in [2.75, 3.05) is 0 Å². The molecule has 1 aromatic heterocycles. The Morgan fingerprint density at radius 2 is 1.28 bits per heavy atom. The van der Waals surface area contributed by atoms with Crippen LogP contribution >= 0.6 is 0 Å². The van der Waals surface area contributed by atoms with Gasteiger partial charge in [0.05, 0.1) is 11.4 Å². The molecule has 4 aromatic rings. The first kappa shape index (κ1) is 20.1. The normalized spacial score (nSPS) is 11.2. The van der Waals surface area contributed by atoms with E-state index in [-0.39, 0.29) is 5.92 Å². The molecule has 4 rings (SSSR count). The number of hydrogen-bond donors (Lipinski definition) is 2. The van der Waals surface area contributed by atoms with Crippen LogP contribution in [0.3, 0.4) is 0 Å². The van der Waals surface area contributed by atoms with Gasteiger partial charge in [0, 0.05) is 24.0 Å². The number of rotatable bonds is 4. The molecule has 1 heterocycles. The average Bonchev–Trinajstić information content (AvgIpc) is 3.20. The summed E-state index contributed by atoms with van der Waals surface area (Å²) >= 11 is 0. The molecule has 0 amide bonds. The number of aromatic amines is 1.